The molecule has 2 heterocycles. The number of aryl methyl sites for hydroxylation is 1. The molecule has 0 aliphatic heterocycles. The number of ketones is 1. The number of nitrogens with zero attached hydrogens (tertiary/aromatic N) is 2. The van der Waals surface area contributed by atoms with Crippen LogP contribution in [0.1, 0.15) is 54.6 Å². The van der Waals surface area contributed by atoms with E-state index in [0.29, 0.717) is 5.56 Å². The van der Waals surface area contributed by atoms with Crippen molar-refractivity contribution in [3.8, 4) is 0 Å². The lowest BCUT2D eigenvalue weighted by Crippen LogP contribution is -2.29. The van der Waals surface area contributed by atoms with Crippen LogP contribution in [0.4, 0.5) is 0 Å². The molecule has 5 nitrogen and oxygen atoms in total. The van der Waals surface area contributed by atoms with Gasteiger partial charge in [-0.25, -0.2) is 0 Å². The highest BCUT2D eigenvalue weighted by Gasteiger charge is 2.25. The molecule has 1 aliphatic carbocycles. The third-order valence-electron chi connectivity index (χ3n) is 4.11. The van der Waals surface area contributed by atoms with Gasteiger partial charge in [-0.05, 0) is 32.3 Å². The number of carbonyl (C=O) groups is 1. The summed E-state index contributed by atoms with van der Waals surface area (Å²) in [7, 11) is 0. The summed E-state index contributed by atoms with van der Waals surface area (Å²) in [5.41, 5.74) is 1.62. The van der Waals surface area contributed by atoms with E-state index in [2.05, 4.69) is 10.2 Å². The van der Waals surface area contributed by atoms with Crippen LogP contribution in [-0.4, -0.2) is 20.5 Å². The van der Waals surface area contributed by atoms with Crippen molar-refractivity contribution in [3.63, 3.8) is 0 Å². The summed E-state index contributed by atoms with van der Waals surface area (Å²) in [6, 6.07) is 0.189. The second-order valence-electron chi connectivity index (χ2n) is 5.30. The van der Waals surface area contributed by atoms with Crippen LogP contribution in [0.15, 0.2) is 11.0 Å². The summed E-state index contributed by atoms with van der Waals surface area (Å²) in [5, 5.41) is 7.83. The van der Waals surface area contributed by atoms with Crippen LogP contribution in [-0.2, 0) is 0 Å². The molecule has 0 amide bonds. The Bertz CT molecular complexity index is 705. The lowest BCUT2D eigenvalue weighted by Gasteiger charge is -2.17. The minimum Gasteiger partial charge on any atom is -0.294 e. The molecule has 0 spiro atoms. The van der Waals surface area contributed by atoms with Crippen molar-refractivity contribution in [2.75, 3.05) is 0 Å². The van der Waals surface area contributed by atoms with Crippen molar-refractivity contribution in [2.24, 2.45) is 0 Å². The quantitative estimate of drug-likeness (QED) is 0.842. The summed E-state index contributed by atoms with van der Waals surface area (Å²) in [5.74, 6) is -0.169. The fourth-order valence-electron chi connectivity index (χ4n) is 3.18. The minimum atomic E-state index is -0.173. The molecule has 0 unspecified atom stereocenters. The van der Waals surface area contributed by atoms with Crippen LogP contribution in [0.2, 0.25) is 0 Å². The van der Waals surface area contributed by atoms with Crippen molar-refractivity contribution in [3.05, 3.63) is 27.7 Å². The van der Waals surface area contributed by atoms with Crippen LogP contribution >= 0.6 is 0 Å². The van der Waals surface area contributed by atoms with Crippen LogP contribution in [0, 0.1) is 6.92 Å². The van der Waals surface area contributed by atoms with E-state index in [-0.39, 0.29) is 17.4 Å². The normalized spacial score (nSPS) is 16.3. The number of carbonyl (C=O) groups excluding carboxylic acids is 1. The van der Waals surface area contributed by atoms with Crippen LogP contribution in [0.3, 0.4) is 0 Å². The number of Topliss-reactive ketones (excluding diaryl/α,β-unsaturated/α-hetero) is 1. The van der Waals surface area contributed by atoms with Gasteiger partial charge in [-0.15, -0.1) is 0 Å². The van der Waals surface area contributed by atoms with Gasteiger partial charge in [0.25, 0.3) is 5.56 Å². The van der Waals surface area contributed by atoms with Crippen LogP contribution < -0.4 is 5.56 Å². The van der Waals surface area contributed by atoms with Crippen molar-refractivity contribution in [1.82, 2.24) is 14.8 Å². The van der Waals surface area contributed by atoms with Crippen molar-refractivity contribution in [2.45, 2.75) is 45.6 Å². The van der Waals surface area contributed by atoms with Gasteiger partial charge in [0, 0.05) is 11.4 Å². The van der Waals surface area contributed by atoms with E-state index in [9.17, 15) is 9.59 Å². The second-order valence-corrected chi connectivity index (χ2v) is 5.30. The number of fused-ring (bicyclic) bond motifs is 1. The Balaban J connectivity index is 2.39. The van der Waals surface area contributed by atoms with Gasteiger partial charge in [-0.2, -0.15) is 5.10 Å². The van der Waals surface area contributed by atoms with Gasteiger partial charge in [-0.1, -0.05) is 12.8 Å². The number of H-pyrrole nitrogens is 1. The fourth-order valence-corrected chi connectivity index (χ4v) is 3.18. The van der Waals surface area contributed by atoms with Gasteiger partial charge in [0.1, 0.15) is 5.65 Å². The van der Waals surface area contributed by atoms with Crippen LogP contribution in [0.25, 0.3) is 11.0 Å². The summed E-state index contributed by atoms with van der Waals surface area (Å²) in [4.78, 5) is 24.4. The standard InChI is InChI=1S/C14H17N3O2/c1-8-11-7-15-16-13(11)17(10-5-3-4-6-10)14(19)12(8)9(2)18/h7,10H,3-6H2,1-2H3,(H,15,16). The van der Waals surface area contributed by atoms with Gasteiger partial charge < -0.3 is 0 Å². The van der Waals surface area contributed by atoms with E-state index in [1.165, 1.54) is 6.92 Å². The molecular weight excluding hydrogens is 242 g/mol. The first kappa shape index (κ1) is 12.1. The van der Waals surface area contributed by atoms with E-state index in [4.69, 9.17) is 0 Å². The van der Waals surface area contributed by atoms with E-state index < -0.39 is 0 Å². The molecule has 1 saturated carbocycles. The molecule has 1 fully saturated rings. The molecule has 1 N–H and O–H groups in total. The maximum Gasteiger partial charge on any atom is 0.263 e. The first-order valence-electron chi connectivity index (χ1n) is 6.70. The number of nitrogens with one attached hydrogen (secondary N) is 1. The average molecular weight is 259 g/mol. The van der Waals surface area contributed by atoms with Gasteiger partial charge in [0.05, 0.1) is 11.8 Å². The SMILES string of the molecule is CC(=O)c1c(C)c2cn[nH]c2n(C2CCCC2)c1=O. The lowest BCUT2D eigenvalue weighted by molar-refractivity contribution is 0.101. The van der Waals surface area contributed by atoms with E-state index in [1.54, 1.807) is 10.8 Å². The molecule has 0 radical (unpaired) electrons. The maximum absolute atomic E-state index is 12.6. The van der Waals surface area contributed by atoms with Crippen LogP contribution in [0.5, 0.6) is 0 Å². The first-order valence-corrected chi connectivity index (χ1v) is 6.70. The Labute approximate surface area is 110 Å². The number of aromatic nitrogens is 3. The number of hydrogen-bond donors (Lipinski definition) is 1. The van der Waals surface area contributed by atoms with E-state index in [1.807, 2.05) is 6.92 Å². The smallest absolute Gasteiger partial charge is 0.263 e. The third kappa shape index (κ3) is 1.72. The Hall–Kier alpha value is -1.91. The molecule has 0 aromatic carbocycles. The van der Waals surface area contributed by atoms with E-state index in [0.717, 1.165) is 42.3 Å². The summed E-state index contributed by atoms with van der Waals surface area (Å²) in [6.45, 7) is 3.27. The number of pyridine rings is 1. The number of rotatable bonds is 2. The molecule has 19 heavy (non-hydrogen) atoms. The Morgan fingerprint density at radius 3 is 2.74 bits per heavy atom. The molecule has 0 saturated heterocycles. The fraction of sp³-hybridized carbons (Fsp3) is 0.500. The monoisotopic (exact) mass is 259 g/mol. The highest BCUT2D eigenvalue weighted by molar-refractivity contribution is 5.99. The topological polar surface area (TPSA) is 67.8 Å². The van der Waals surface area contributed by atoms with Gasteiger partial charge in [0.15, 0.2) is 5.78 Å². The zero-order chi connectivity index (χ0) is 13.6. The van der Waals surface area contributed by atoms with E-state index >= 15 is 0 Å². The van der Waals surface area contributed by atoms with Crippen molar-refractivity contribution < 1.29 is 4.79 Å². The molecule has 0 bridgehead atoms. The lowest BCUT2D eigenvalue weighted by atomic mass is 10.0. The average Bonchev–Trinajstić information content (AvgIpc) is 2.98. The van der Waals surface area contributed by atoms with Crippen molar-refractivity contribution in [1.29, 1.82) is 0 Å². The highest BCUT2D eigenvalue weighted by Crippen LogP contribution is 2.31. The highest BCUT2D eigenvalue weighted by atomic mass is 16.1. The Morgan fingerprint density at radius 1 is 1.42 bits per heavy atom. The van der Waals surface area contributed by atoms with Gasteiger partial charge in [0.2, 0.25) is 0 Å². The zero-order valence-electron chi connectivity index (χ0n) is 11.2. The first-order chi connectivity index (χ1) is 9.11. The predicted molar refractivity (Wildman–Crippen MR) is 72.6 cm³/mol. The second kappa shape index (κ2) is 4.33. The molecule has 100 valence electrons. The minimum absolute atomic E-state index is 0.169. The molecule has 2 aromatic heterocycles. The molecule has 3 rings (SSSR count). The molecule has 2 aromatic rings. The third-order valence-corrected chi connectivity index (χ3v) is 4.11. The number of hydrogen-bond acceptors (Lipinski definition) is 3. The summed E-state index contributed by atoms with van der Waals surface area (Å²) < 4.78 is 1.75. The Kier molecular flexibility index (Phi) is 2.77. The molecular formula is C14H17N3O2. The number of aromatic amines is 1. The molecule has 5 heteroatoms. The zero-order valence-corrected chi connectivity index (χ0v) is 11.2. The summed E-state index contributed by atoms with van der Waals surface area (Å²) in [6.07, 6.45) is 5.96. The largest absolute Gasteiger partial charge is 0.294 e. The van der Waals surface area contributed by atoms with Crippen molar-refractivity contribution >= 4 is 16.8 Å². The Morgan fingerprint density at radius 2 is 2.11 bits per heavy atom. The van der Waals surface area contributed by atoms with Gasteiger partial charge >= 0.3 is 0 Å². The predicted octanol–water partition coefficient (Wildman–Crippen LogP) is 2.35. The maximum atomic E-state index is 12.6. The summed E-state index contributed by atoms with van der Waals surface area (Å²) >= 11 is 0. The van der Waals surface area contributed by atoms with Gasteiger partial charge in [-0.3, -0.25) is 19.3 Å². The molecule has 0 atom stereocenters. The molecule has 1 aliphatic rings.